The molecule has 0 aliphatic heterocycles. The Morgan fingerprint density at radius 2 is 1.79 bits per heavy atom. The largest absolute Gasteiger partial charge is 0.283 e. The van der Waals surface area contributed by atoms with Crippen LogP contribution in [0.15, 0.2) is 41.4 Å². The lowest BCUT2D eigenvalue weighted by molar-refractivity contribution is 0.0976. The number of halogens is 1. The smallest absolute Gasteiger partial charge is 0.266 e. The Hall–Kier alpha value is -2.35. The van der Waals surface area contributed by atoms with Gasteiger partial charge in [0.2, 0.25) is 0 Å². The van der Waals surface area contributed by atoms with E-state index in [4.69, 9.17) is 0 Å². The second kappa shape index (κ2) is 6.64. The number of hydrogen-bond donors (Lipinski definition) is 1. The van der Waals surface area contributed by atoms with Gasteiger partial charge in [0.25, 0.3) is 15.9 Å². The minimum absolute atomic E-state index is 0.00223. The van der Waals surface area contributed by atoms with Gasteiger partial charge in [-0.3, -0.25) is 4.79 Å². The lowest BCUT2D eigenvalue weighted by Gasteiger charge is -2.10. The second-order valence-corrected chi connectivity index (χ2v) is 7.35. The van der Waals surface area contributed by atoms with Crippen LogP contribution in [-0.2, 0) is 10.0 Å². The van der Waals surface area contributed by atoms with E-state index in [1.165, 1.54) is 12.3 Å². The van der Waals surface area contributed by atoms with Crippen LogP contribution in [0.3, 0.4) is 0 Å². The van der Waals surface area contributed by atoms with Crippen LogP contribution in [0.1, 0.15) is 47.9 Å². The summed E-state index contributed by atoms with van der Waals surface area (Å²) in [5, 5.41) is 0. The fourth-order valence-electron chi connectivity index (χ4n) is 2.73. The van der Waals surface area contributed by atoms with E-state index in [2.05, 4.69) is 9.97 Å². The Bertz CT molecular complexity index is 847. The van der Waals surface area contributed by atoms with Crippen molar-refractivity contribution in [3.63, 3.8) is 0 Å². The van der Waals surface area contributed by atoms with E-state index in [0.717, 1.165) is 49.9 Å². The van der Waals surface area contributed by atoms with Crippen LogP contribution in [-0.4, -0.2) is 24.3 Å². The SMILES string of the molecule is O=C(NS(=O)(=O)c1ccc(F)cc1)c1ccnc(C2CCCC2)n1. The number of nitrogens with one attached hydrogen (secondary N) is 1. The number of benzene rings is 1. The van der Waals surface area contributed by atoms with E-state index < -0.39 is 21.7 Å². The van der Waals surface area contributed by atoms with Crippen molar-refractivity contribution in [2.75, 3.05) is 0 Å². The Kier molecular flexibility index (Phi) is 4.57. The molecule has 1 saturated carbocycles. The van der Waals surface area contributed by atoms with Crippen molar-refractivity contribution in [2.45, 2.75) is 36.5 Å². The Balaban J connectivity index is 1.79. The van der Waals surface area contributed by atoms with Crippen molar-refractivity contribution in [3.8, 4) is 0 Å². The molecule has 2 aromatic rings. The van der Waals surface area contributed by atoms with Crippen LogP contribution in [0, 0.1) is 5.82 Å². The van der Waals surface area contributed by atoms with Gasteiger partial charge >= 0.3 is 0 Å². The predicted octanol–water partition coefficient (Wildman–Crippen LogP) is 2.39. The van der Waals surface area contributed by atoms with Gasteiger partial charge in [-0.05, 0) is 43.2 Å². The summed E-state index contributed by atoms with van der Waals surface area (Å²) in [6.07, 6.45) is 5.60. The van der Waals surface area contributed by atoms with Crippen LogP contribution in [0.5, 0.6) is 0 Å². The third kappa shape index (κ3) is 3.59. The lowest BCUT2D eigenvalue weighted by Crippen LogP contribution is -2.31. The normalized spacial score (nSPS) is 15.4. The van der Waals surface area contributed by atoms with E-state index in [1.807, 2.05) is 4.72 Å². The van der Waals surface area contributed by atoms with Gasteiger partial charge in [-0.15, -0.1) is 0 Å². The molecule has 1 aromatic carbocycles. The predicted molar refractivity (Wildman–Crippen MR) is 84.3 cm³/mol. The summed E-state index contributed by atoms with van der Waals surface area (Å²) in [6, 6.07) is 5.58. The second-order valence-electron chi connectivity index (χ2n) is 5.67. The van der Waals surface area contributed by atoms with E-state index in [-0.39, 0.29) is 16.5 Å². The molecule has 126 valence electrons. The zero-order valence-electron chi connectivity index (χ0n) is 12.8. The molecular weight excluding hydrogens is 333 g/mol. The van der Waals surface area contributed by atoms with Crippen LogP contribution in [0.2, 0.25) is 0 Å². The number of rotatable bonds is 4. The van der Waals surface area contributed by atoms with Crippen molar-refractivity contribution >= 4 is 15.9 Å². The fourth-order valence-corrected chi connectivity index (χ4v) is 3.69. The van der Waals surface area contributed by atoms with E-state index in [1.54, 1.807) is 0 Å². The molecule has 0 unspecified atom stereocenters. The molecule has 1 amide bonds. The summed E-state index contributed by atoms with van der Waals surface area (Å²) in [7, 11) is -4.08. The summed E-state index contributed by atoms with van der Waals surface area (Å²) in [4.78, 5) is 20.4. The van der Waals surface area contributed by atoms with Crippen LogP contribution >= 0.6 is 0 Å². The van der Waals surface area contributed by atoms with Crippen LogP contribution in [0.4, 0.5) is 4.39 Å². The Labute approximate surface area is 139 Å². The molecule has 0 atom stereocenters. The van der Waals surface area contributed by atoms with E-state index in [9.17, 15) is 17.6 Å². The molecule has 0 saturated heterocycles. The van der Waals surface area contributed by atoms with Gasteiger partial charge in [-0.2, -0.15) is 0 Å². The van der Waals surface area contributed by atoms with Crippen molar-refractivity contribution in [1.82, 2.24) is 14.7 Å². The molecule has 6 nitrogen and oxygen atoms in total. The topological polar surface area (TPSA) is 89.0 Å². The lowest BCUT2D eigenvalue weighted by atomic mass is 10.1. The molecular formula is C16H16FN3O3S. The molecule has 0 bridgehead atoms. The Morgan fingerprint density at radius 1 is 1.12 bits per heavy atom. The van der Waals surface area contributed by atoms with E-state index in [0.29, 0.717) is 5.82 Å². The number of amides is 1. The van der Waals surface area contributed by atoms with Crippen LogP contribution < -0.4 is 4.72 Å². The molecule has 1 N–H and O–H groups in total. The highest BCUT2D eigenvalue weighted by Gasteiger charge is 2.23. The first-order valence-corrected chi connectivity index (χ1v) is 9.10. The number of hydrogen-bond acceptors (Lipinski definition) is 5. The number of aromatic nitrogens is 2. The number of nitrogens with zero attached hydrogens (tertiary/aromatic N) is 2. The molecule has 0 radical (unpaired) electrons. The minimum atomic E-state index is -4.08. The third-order valence-corrected chi connectivity index (χ3v) is 5.33. The minimum Gasteiger partial charge on any atom is -0.266 e. The molecule has 3 rings (SSSR count). The van der Waals surface area contributed by atoms with Crippen molar-refractivity contribution in [1.29, 1.82) is 0 Å². The molecule has 1 aromatic heterocycles. The van der Waals surface area contributed by atoms with Crippen LogP contribution in [0.25, 0.3) is 0 Å². The first-order valence-electron chi connectivity index (χ1n) is 7.61. The fraction of sp³-hybridized carbons (Fsp3) is 0.312. The molecule has 24 heavy (non-hydrogen) atoms. The monoisotopic (exact) mass is 349 g/mol. The Morgan fingerprint density at radius 3 is 2.46 bits per heavy atom. The van der Waals surface area contributed by atoms with Gasteiger partial charge in [0.1, 0.15) is 17.3 Å². The number of carbonyl (C=O) groups is 1. The highest BCUT2D eigenvalue weighted by Crippen LogP contribution is 2.31. The van der Waals surface area contributed by atoms with Gasteiger partial charge in [-0.1, -0.05) is 12.8 Å². The van der Waals surface area contributed by atoms with Gasteiger partial charge in [0.15, 0.2) is 0 Å². The standard InChI is InChI=1S/C16H16FN3O3S/c17-12-5-7-13(8-6-12)24(22,23)20-16(21)14-9-10-18-15(19-14)11-3-1-2-4-11/h5-11H,1-4H2,(H,20,21). The van der Waals surface area contributed by atoms with E-state index >= 15 is 0 Å². The molecule has 1 heterocycles. The van der Waals surface area contributed by atoms with Gasteiger partial charge in [0.05, 0.1) is 4.90 Å². The highest BCUT2D eigenvalue weighted by atomic mass is 32.2. The summed E-state index contributed by atoms with van der Waals surface area (Å²) >= 11 is 0. The van der Waals surface area contributed by atoms with Gasteiger partial charge in [-0.25, -0.2) is 27.5 Å². The average molecular weight is 349 g/mol. The van der Waals surface area contributed by atoms with Crippen molar-refractivity contribution < 1.29 is 17.6 Å². The van der Waals surface area contributed by atoms with Crippen molar-refractivity contribution in [2.24, 2.45) is 0 Å². The van der Waals surface area contributed by atoms with Gasteiger partial charge < -0.3 is 0 Å². The molecule has 8 heteroatoms. The van der Waals surface area contributed by atoms with Crippen molar-refractivity contribution in [3.05, 3.63) is 53.9 Å². The van der Waals surface area contributed by atoms with Gasteiger partial charge in [0, 0.05) is 12.1 Å². The quantitative estimate of drug-likeness (QED) is 0.915. The summed E-state index contributed by atoms with van der Waals surface area (Å²) in [6.45, 7) is 0. The average Bonchev–Trinajstić information content (AvgIpc) is 3.09. The molecule has 0 spiro atoms. The number of carbonyl (C=O) groups excluding carboxylic acids is 1. The zero-order valence-corrected chi connectivity index (χ0v) is 13.6. The molecule has 1 aliphatic rings. The molecule has 1 aliphatic carbocycles. The summed E-state index contributed by atoms with van der Waals surface area (Å²) < 4.78 is 39.2. The maximum absolute atomic E-state index is 12.9. The molecule has 1 fully saturated rings. The third-order valence-electron chi connectivity index (χ3n) is 3.98. The maximum atomic E-state index is 12.9. The summed E-state index contributed by atoms with van der Waals surface area (Å²) in [5.41, 5.74) is -0.00223. The summed E-state index contributed by atoms with van der Waals surface area (Å²) in [5.74, 6) is -0.607. The maximum Gasteiger partial charge on any atom is 0.283 e. The first-order chi connectivity index (χ1) is 11.5. The first kappa shape index (κ1) is 16.5. The number of sulfonamides is 1. The highest BCUT2D eigenvalue weighted by molar-refractivity contribution is 7.90. The zero-order chi connectivity index (χ0) is 17.2.